The predicted octanol–water partition coefficient (Wildman–Crippen LogP) is 0.717. The predicted molar refractivity (Wildman–Crippen MR) is 51.0 cm³/mol. The Hall–Kier alpha value is 0.850. The fraction of sp³-hybridized carbons (Fsp3) is 0.300. The van der Waals surface area contributed by atoms with Crippen molar-refractivity contribution in [3.8, 4) is 0 Å². The first-order valence-electron chi connectivity index (χ1n) is 3.82. The van der Waals surface area contributed by atoms with Crippen LogP contribution in [-0.2, 0) is 19.4 Å². The summed E-state index contributed by atoms with van der Waals surface area (Å²) in [4.78, 5) is 0. The average Bonchev–Trinajstić information content (AvgIpc) is 2.12. The van der Waals surface area contributed by atoms with Crippen molar-refractivity contribution in [2.24, 2.45) is 5.73 Å². The van der Waals surface area contributed by atoms with E-state index in [1.807, 2.05) is 0 Å². The molecule has 14 heavy (non-hydrogen) atoms. The molecule has 0 aliphatic carbocycles. The molecule has 0 fully saturated rings. The van der Waals surface area contributed by atoms with Gasteiger partial charge < -0.3 is 0 Å². The molecule has 0 heterocycles. The second-order valence-corrected chi connectivity index (χ2v) is 3.55. The monoisotopic (exact) mass is 586 g/mol. The van der Waals surface area contributed by atoms with Crippen LogP contribution in [0.4, 0.5) is 0 Å². The molecule has 0 amide bonds. The summed E-state index contributed by atoms with van der Waals surface area (Å²) in [5.74, 6) is 0. The van der Waals surface area contributed by atoms with Crippen LogP contribution in [0.25, 0.3) is 0 Å². The number of hydrogen-bond acceptors (Lipinski definition) is 2. The van der Waals surface area contributed by atoms with Gasteiger partial charge in [-0.1, -0.05) is 0 Å². The standard InChI is InChI=1S/C10H14NO.U.W/c1-5-7-9(8(3)11)10(4,12)6-2;;/h3,7,12H,2,4,6,11H2,1H3;;/q-3;+2;/b9-8-;;. The molecule has 0 radical (unpaired) electrons. The fourth-order valence-electron chi connectivity index (χ4n) is 0.829. The van der Waals surface area contributed by atoms with Gasteiger partial charge in [0, 0.05) is 0 Å². The molecule has 0 saturated carbocycles. The van der Waals surface area contributed by atoms with E-state index in [4.69, 9.17) is 5.73 Å². The molecule has 2 nitrogen and oxygen atoms in total. The van der Waals surface area contributed by atoms with Gasteiger partial charge in [-0.05, 0) is 0 Å². The van der Waals surface area contributed by atoms with E-state index in [-0.39, 0.29) is 37.5 Å². The van der Waals surface area contributed by atoms with Crippen molar-refractivity contribution in [3.05, 3.63) is 37.3 Å². The van der Waals surface area contributed by atoms with Gasteiger partial charge in [-0.2, -0.15) is 0 Å². The molecule has 0 saturated heterocycles. The fourth-order valence-corrected chi connectivity index (χ4v) is 1.28. The maximum Gasteiger partial charge on any atom is 2.00 e. The van der Waals surface area contributed by atoms with Crippen molar-refractivity contribution in [3.63, 3.8) is 0 Å². The van der Waals surface area contributed by atoms with Crippen molar-refractivity contribution >= 4 is 4.40 Å². The van der Waals surface area contributed by atoms with E-state index in [2.05, 4.69) is 19.9 Å². The van der Waals surface area contributed by atoms with Crippen LogP contribution in [0.2, 0.25) is 0 Å². The number of nitrogens with two attached hydrogens (primary N) is 1. The van der Waals surface area contributed by atoms with Crippen LogP contribution in [0, 0.1) is 51.0 Å². The van der Waals surface area contributed by atoms with Crippen molar-refractivity contribution in [2.45, 2.75) is 18.9 Å². The van der Waals surface area contributed by atoms with Gasteiger partial charge in [-0.3, -0.25) is 0 Å². The van der Waals surface area contributed by atoms with Gasteiger partial charge in [0.15, 0.2) is 0 Å². The van der Waals surface area contributed by atoms with Crippen LogP contribution < -0.4 is 5.73 Å². The van der Waals surface area contributed by atoms with E-state index >= 15 is 0 Å². The van der Waals surface area contributed by atoms with Crippen molar-refractivity contribution in [2.75, 3.05) is 0 Å². The second-order valence-electron chi connectivity index (χ2n) is 2.70. The Morgan fingerprint density at radius 2 is 2.21 bits per heavy atom. The Balaban J connectivity index is 0. The largest absolute Gasteiger partial charge is 2.00 e. The van der Waals surface area contributed by atoms with E-state index in [0.29, 0.717) is 11.3 Å². The summed E-state index contributed by atoms with van der Waals surface area (Å²) in [5, 5.41) is 9.82. The van der Waals surface area contributed by atoms with Gasteiger partial charge >= 0.3 is 122 Å². The normalized spacial score (nSPS) is 16.9. The molecule has 4 heteroatoms. The molecule has 0 aromatic rings. The van der Waals surface area contributed by atoms with Gasteiger partial charge in [-0.25, -0.2) is 0 Å². The summed E-state index contributed by atoms with van der Waals surface area (Å²) >= 11 is 1.23. The summed E-state index contributed by atoms with van der Waals surface area (Å²) < 4.78 is 1.80. The summed E-state index contributed by atoms with van der Waals surface area (Å²) in [7, 11) is 0. The Labute approximate surface area is 121 Å². The van der Waals surface area contributed by atoms with E-state index in [1.165, 1.54) is 19.4 Å². The molecule has 76 valence electrons. The summed E-state index contributed by atoms with van der Waals surface area (Å²) in [6.45, 7) is 9.01. The van der Waals surface area contributed by atoms with Gasteiger partial charge in [0.2, 0.25) is 0 Å². The molecule has 1 unspecified atom stereocenters. The number of rotatable bonds is 4. The van der Waals surface area contributed by atoms with Crippen LogP contribution in [0.15, 0.2) is 17.3 Å². The Bertz CT molecular complexity index is 247. The minimum Gasteiger partial charge on any atom is 2.00 e. The van der Waals surface area contributed by atoms with Gasteiger partial charge in [0.25, 0.3) is 0 Å². The quantitative estimate of drug-likeness (QED) is 0.377. The van der Waals surface area contributed by atoms with Crippen LogP contribution in [-0.4, -0.2) is 15.1 Å². The van der Waals surface area contributed by atoms with Crippen molar-refractivity contribution < 1.29 is 55.6 Å². The summed E-state index contributed by atoms with van der Waals surface area (Å²) in [6.07, 6.45) is 4.75. The molecule has 0 bridgehead atoms. The number of aliphatic hydroxyl groups is 1. The van der Waals surface area contributed by atoms with E-state index in [0.717, 1.165) is 0 Å². The molecule has 0 rings (SSSR count). The molecule has 3 N–H and O–H groups in total. The first kappa shape index (κ1) is 17.3. The summed E-state index contributed by atoms with van der Waals surface area (Å²) in [6, 6.07) is 0. The Morgan fingerprint density at radius 3 is 2.50 bits per heavy atom. The minimum atomic E-state index is -1.21. The SMILES string of the molecule is [CH2-]CC([CH2-])(O)/C(C=[C-]C)=C(\N)[CH]=[W].[U+2]. The molecule has 1 atom stereocenters. The molecular formula is C10H14NOUW-. The average molecular weight is 586 g/mol. The molecule has 0 aliphatic heterocycles. The Kier molecular flexibility index (Phi) is 9.93. The maximum absolute atomic E-state index is 9.82. The number of hydrogen-bond donors (Lipinski definition) is 2. The maximum atomic E-state index is 9.82. The molecule has 0 aromatic heterocycles. The third-order valence-electron chi connectivity index (χ3n) is 1.64. The topological polar surface area (TPSA) is 46.2 Å². The van der Waals surface area contributed by atoms with Crippen LogP contribution >= 0.6 is 0 Å². The zero-order valence-electron chi connectivity index (χ0n) is 8.21. The third-order valence-corrected chi connectivity index (χ3v) is 2.55. The first-order chi connectivity index (χ1) is 5.99. The van der Waals surface area contributed by atoms with E-state index in [9.17, 15) is 5.11 Å². The van der Waals surface area contributed by atoms with E-state index in [1.54, 1.807) is 17.4 Å². The van der Waals surface area contributed by atoms with Crippen LogP contribution in [0.5, 0.6) is 0 Å². The third kappa shape index (κ3) is 5.08. The molecule has 0 aromatic carbocycles. The smallest absolute Gasteiger partial charge is 2.00 e. The zero-order chi connectivity index (χ0) is 10.5. The molecule has 0 spiro atoms. The second kappa shape index (κ2) is 8.06. The van der Waals surface area contributed by atoms with Gasteiger partial charge in [0.1, 0.15) is 0 Å². The first-order valence-corrected chi connectivity index (χ1v) is 5.51. The Morgan fingerprint density at radius 1 is 1.71 bits per heavy atom. The summed E-state index contributed by atoms with van der Waals surface area (Å²) in [5.41, 5.74) is 5.63. The van der Waals surface area contributed by atoms with Crippen molar-refractivity contribution in [1.29, 1.82) is 0 Å². The zero-order valence-corrected chi connectivity index (χ0v) is 15.3. The van der Waals surface area contributed by atoms with Gasteiger partial charge in [-0.15, -0.1) is 0 Å². The minimum absolute atomic E-state index is 0. The van der Waals surface area contributed by atoms with Gasteiger partial charge in [0.05, 0.1) is 0 Å². The number of allylic oxidation sites excluding steroid dienone is 2. The molecular weight excluding hydrogens is 572 g/mol. The van der Waals surface area contributed by atoms with Crippen LogP contribution in [0.1, 0.15) is 13.3 Å². The van der Waals surface area contributed by atoms with E-state index < -0.39 is 5.60 Å². The van der Waals surface area contributed by atoms with Crippen molar-refractivity contribution in [1.82, 2.24) is 0 Å². The molecule has 0 aliphatic rings. The van der Waals surface area contributed by atoms with Crippen LogP contribution in [0.3, 0.4) is 0 Å².